The van der Waals surface area contributed by atoms with Crippen molar-refractivity contribution >= 4 is 44.8 Å². The Labute approximate surface area is 178 Å². The summed E-state index contributed by atoms with van der Waals surface area (Å²) in [6.07, 6.45) is -0.340. The van der Waals surface area contributed by atoms with Crippen molar-refractivity contribution < 1.29 is 22.7 Å². The molecule has 0 aromatic heterocycles. The lowest BCUT2D eigenvalue weighted by Gasteiger charge is -2.26. The maximum Gasteiger partial charge on any atom is 0.265 e. The predicted molar refractivity (Wildman–Crippen MR) is 109 cm³/mol. The second-order valence-electron chi connectivity index (χ2n) is 6.71. The topological polar surface area (TPSA) is 84.9 Å². The van der Waals surface area contributed by atoms with E-state index in [1.54, 1.807) is 24.3 Å². The molecule has 1 N–H and O–H groups in total. The van der Waals surface area contributed by atoms with Crippen LogP contribution in [0.4, 0.5) is 5.69 Å². The van der Waals surface area contributed by atoms with E-state index in [1.165, 1.54) is 16.4 Å². The molecule has 0 spiro atoms. The second-order valence-corrected chi connectivity index (χ2v) is 9.46. The summed E-state index contributed by atoms with van der Waals surface area (Å²) < 4.78 is 38.0. The predicted octanol–water partition coefficient (Wildman–Crippen LogP) is 2.96. The molecule has 29 heavy (non-hydrogen) atoms. The van der Waals surface area contributed by atoms with Crippen LogP contribution in [0.2, 0.25) is 10.0 Å². The van der Waals surface area contributed by atoms with Gasteiger partial charge in [0.1, 0.15) is 10.6 Å². The lowest BCUT2D eigenvalue weighted by molar-refractivity contribution is -0.122. The van der Waals surface area contributed by atoms with Crippen LogP contribution in [-0.2, 0) is 26.0 Å². The molecular weight excluding hydrogens is 439 g/mol. The number of hydrogen-bond acceptors (Lipinski definition) is 5. The number of carbonyl (C=O) groups is 1. The van der Waals surface area contributed by atoms with Crippen LogP contribution in [0.1, 0.15) is 5.56 Å². The van der Waals surface area contributed by atoms with Crippen LogP contribution in [0.25, 0.3) is 0 Å². The fourth-order valence-corrected chi connectivity index (χ4v) is 5.39. The van der Waals surface area contributed by atoms with E-state index in [-0.39, 0.29) is 28.9 Å². The van der Waals surface area contributed by atoms with Crippen LogP contribution < -0.4 is 10.1 Å². The first-order valence-electron chi connectivity index (χ1n) is 8.98. The normalized spacial score (nSPS) is 19.4. The van der Waals surface area contributed by atoms with E-state index in [2.05, 4.69) is 5.32 Å². The third-order valence-electron chi connectivity index (χ3n) is 4.78. The molecule has 1 fully saturated rings. The van der Waals surface area contributed by atoms with Crippen molar-refractivity contribution in [3.8, 4) is 5.75 Å². The molecule has 1 amide bonds. The first kappa shape index (κ1) is 20.4. The summed E-state index contributed by atoms with van der Waals surface area (Å²) in [5, 5.41) is 3.38. The third kappa shape index (κ3) is 4.22. The average Bonchev–Trinajstić information content (AvgIpc) is 3.13. The van der Waals surface area contributed by atoms with Crippen molar-refractivity contribution in [2.75, 3.05) is 31.6 Å². The molecule has 2 aromatic carbocycles. The highest BCUT2D eigenvalue weighted by Gasteiger charge is 2.31. The highest BCUT2D eigenvalue weighted by Crippen LogP contribution is 2.32. The van der Waals surface area contributed by atoms with Gasteiger partial charge in [0.15, 0.2) is 6.10 Å². The number of nitrogens with zero attached hydrogens (tertiary/aromatic N) is 1. The summed E-state index contributed by atoms with van der Waals surface area (Å²) in [7, 11) is -3.79. The molecule has 2 aliphatic heterocycles. The van der Waals surface area contributed by atoms with Crippen LogP contribution in [-0.4, -0.2) is 51.0 Å². The number of halogens is 2. The number of hydrogen-bond donors (Lipinski definition) is 1. The Hall–Kier alpha value is -1.84. The zero-order chi connectivity index (χ0) is 20.6. The Morgan fingerprint density at radius 3 is 2.62 bits per heavy atom. The maximum absolute atomic E-state index is 12.9. The van der Waals surface area contributed by atoms with E-state index in [9.17, 15) is 13.2 Å². The molecule has 4 rings (SSSR count). The molecule has 0 aliphatic carbocycles. The van der Waals surface area contributed by atoms with Gasteiger partial charge in [-0.1, -0.05) is 23.2 Å². The molecule has 7 nitrogen and oxygen atoms in total. The molecule has 2 aliphatic rings. The van der Waals surface area contributed by atoms with Crippen LogP contribution in [0, 0.1) is 0 Å². The molecule has 1 atom stereocenters. The van der Waals surface area contributed by atoms with Crippen LogP contribution in [0.15, 0.2) is 41.3 Å². The fourth-order valence-electron chi connectivity index (χ4n) is 3.29. The minimum absolute atomic E-state index is 0.0544. The van der Waals surface area contributed by atoms with Crippen molar-refractivity contribution in [1.82, 2.24) is 4.31 Å². The van der Waals surface area contributed by atoms with Gasteiger partial charge in [-0.05, 0) is 42.0 Å². The van der Waals surface area contributed by atoms with Crippen molar-refractivity contribution in [1.29, 1.82) is 0 Å². The lowest BCUT2D eigenvalue weighted by Crippen LogP contribution is -2.40. The van der Waals surface area contributed by atoms with E-state index in [0.717, 1.165) is 5.56 Å². The molecule has 2 aromatic rings. The van der Waals surface area contributed by atoms with Gasteiger partial charge in [-0.15, -0.1) is 0 Å². The van der Waals surface area contributed by atoms with Crippen LogP contribution in [0.3, 0.4) is 0 Å². The van der Waals surface area contributed by atoms with Crippen LogP contribution >= 0.6 is 23.2 Å². The summed E-state index contributed by atoms with van der Waals surface area (Å²) in [6, 6.07) is 9.55. The molecule has 0 unspecified atom stereocenters. The van der Waals surface area contributed by atoms with E-state index < -0.39 is 16.1 Å². The van der Waals surface area contributed by atoms with Gasteiger partial charge in [0.2, 0.25) is 10.0 Å². The summed E-state index contributed by atoms with van der Waals surface area (Å²) in [5.41, 5.74) is 1.17. The molecule has 0 bridgehead atoms. The van der Waals surface area contributed by atoms with Gasteiger partial charge in [-0.3, -0.25) is 4.79 Å². The number of nitrogens with one attached hydrogen (secondary N) is 1. The van der Waals surface area contributed by atoms with Gasteiger partial charge in [0.05, 0.1) is 18.2 Å². The van der Waals surface area contributed by atoms with E-state index >= 15 is 0 Å². The fraction of sp³-hybridized carbons (Fsp3) is 0.316. The number of morpholine rings is 1. The first-order chi connectivity index (χ1) is 13.8. The van der Waals surface area contributed by atoms with Crippen molar-refractivity contribution in [2.45, 2.75) is 17.4 Å². The Morgan fingerprint density at radius 2 is 1.86 bits per heavy atom. The standard InChI is InChI=1S/C19H18Cl2N2O5S/c20-13-1-4-16-12(9-13)10-17(28-16)19(24)22-14-2-3-15(21)18(11-14)29(25,26)23-5-7-27-8-6-23/h1-4,9,11,17H,5-8,10H2,(H,22,24)/t17-/m0/s1. The minimum Gasteiger partial charge on any atom is -0.480 e. The van der Waals surface area contributed by atoms with Crippen molar-refractivity contribution in [2.24, 2.45) is 0 Å². The third-order valence-corrected chi connectivity index (χ3v) is 7.39. The lowest BCUT2D eigenvalue weighted by atomic mass is 10.1. The number of rotatable bonds is 4. The smallest absolute Gasteiger partial charge is 0.265 e. The highest BCUT2D eigenvalue weighted by molar-refractivity contribution is 7.89. The van der Waals surface area contributed by atoms with Crippen LogP contribution in [0.5, 0.6) is 5.75 Å². The average molecular weight is 457 g/mol. The minimum atomic E-state index is -3.79. The summed E-state index contributed by atoms with van der Waals surface area (Å²) >= 11 is 12.1. The zero-order valence-corrected chi connectivity index (χ0v) is 17.6. The molecule has 2 heterocycles. The van der Waals surface area contributed by atoms with Crippen molar-refractivity contribution in [3.05, 3.63) is 52.0 Å². The number of sulfonamides is 1. The van der Waals surface area contributed by atoms with E-state index in [0.29, 0.717) is 36.1 Å². The summed E-state index contributed by atoms with van der Waals surface area (Å²) in [5.74, 6) is 0.232. The van der Waals surface area contributed by atoms with E-state index in [4.69, 9.17) is 32.7 Å². The van der Waals surface area contributed by atoms with Gasteiger partial charge in [-0.25, -0.2) is 8.42 Å². The Bertz CT molecular complexity index is 1050. The number of amides is 1. The molecule has 154 valence electrons. The number of benzene rings is 2. The Balaban J connectivity index is 1.51. The summed E-state index contributed by atoms with van der Waals surface area (Å²) in [4.78, 5) is 12.6. The number of carbonyl (C=O) groups excluding carboxylic acids is 1. The van der Waals surface area contributed by atoms with Gasteiger partial charge < -0.3 is 14.8 Å². The Kier molecular flexibility index (Phi) is 5.72. The quantitative estimate of drug-likeness (QED) is 0.764. The first-order valence-corrected chi connectivity index (χ1v) is 11.2. The number of fused-ring (bicyclic) bond motifs is 1. The number of ether oxygens (including phenoxy) is 2. The molecule has 0 saturated carbocycles. The summed E-state index contributed by atoms with van der Waals surface area (Å²) in [6.45, 7) is 1.17. The SMILES string of the molecule is O=C(Nc1ccc(Cl)c(S(=O)(=O)N2CCOCC2)c1)[C@@H]1Cc2cc(Cl)ccc2O1. The van der Waals surface area contributed by atoms with Gasteiger partial charge in [0, 0.05) is 30.2 Å². The van der Waals surface area contributed by atoms with Gasteiger partial charge >= 0.3 is 0 Å². The molecule has 0 radical (unpaired) electrons. The molecule has 1 saturated heterocycles. The maximum atomic E-state index is 12.9. The monoisotopic (exact) mass is 456 g/mol. The van der Waals surface area contributed by atoms with Gasteiger partial charge in [-0.2, -0.15) is 4.31 Å². The molecule has 10 heteroatoms. The highest BCUT2D eigenvalue weighted by atomic mass is 35.5. The Morgan fingerprint density at radius 1 is 1.10 bits per heavy atom. The van der Waals surface area contributed by atoms with Crippen molar-refractivity contribution in [3.63, 3.8) is 0 Å². The van der Waals surface area contributed by atoms with E-state index in [1.807, 2.05) is 0 Å². The largest absolute Gasteiger partial charge is 0.480 e. The number of anilines is 1. The second kappa shape index (κ2) is 8.12. The van der Waals surface area contributed by atoms with Gasteiger partial charge in [0.25, 0.3) is 5.91 Å². The molecular formula is C19H18Cl2N2O5S. The zero-order valence-electron chi connectivity index (χ0n) is 15.2.